The van der Waals surface area contributed by atoms with Crippen molar-refractivity contribution in [2.24, 2.45) is 22.7 Å². The van der Waals surface area contributed by atoms with E-state index in [1.807, 2.05) is 7.05 Å². The van der Waals surface area contributed by atoms with Crippen LogP contribution in [0.3, 0.4) is 0 Å². The first-order valence-electron chi connectivity index (χ1n) is 9.72. The summed E-state index contributed by atoms with van der Waals surface area (Å²) in [4.78, 5) is 6.73. The van der Waals surface area contributed by atoms with Crippen LogP contribution in [-0.2, 0) is 4.74 Å². The zero-order valence-corrected chi connectivity index (χ0v) is 18.3. The fourth-order valence-corrected chi connectivity index (χ4v) is 4.04. The smallest absolute Gasteiger partial charge is 0.193 e. The summed E-state index contributed by atoms with van der Waals surface area (Å²) < 4.78 is 5.48. The van der Waals surface area contributed by atoms with Crippen molar-refractivity contribution in [1.82, 2.24) is 10.2 Å². The van der Waals surface area contributed by atoms with Gasteiger partial charge < -0.3 is 15.0 Å². The molecule has 1 atom stereocenters. The number of ether oxygens (including phenoxy) is 1. The highest BCUT2D eigenvalue weighted by Crippen LogP contribution is 2.31. The predicted octanol–water partition coefficient (Wildman–Crippen LogP) is 4.14. The van der Waals surface area contributed by atoms with E-state index in [0.717, 1.165) is 44.1 Å². The van der Waals surface area contributed by atoms with Crippen LogP contribution < -0.4 is 5.32 Å². The normalized spacial score (nSPS) is 27.6. The highest BCUT2D eigenvalue weighted by Gasteiger charge is 2.22. The van der Waals surface area contributed by atoms with E-state index in [2.05, 4.69) is 29.2 Å². The van der Waals surface area contributed by atoms with Gasteiger partial charge in [-0.05, 0) is 31.1 Å². The fraction of sp³-hybridized carbons (Fsp3) is 0.947. The van der Waals surface area contributed by atoms with Crippen molar-refractivity contribution in [3.63, 3.8) is 0 Å². The molecule has 2 rings (SSSR count). The molecule has 1 unspecified atom stereocenters. The largest absolute Gasteiger partial charge is 0.381 e. The van der Waals surface area contributed by atoms with Gasteiger partial charge in [0, 0.05) is 39.7 Å². The summed E-state index contributed by atoms with van der Waals surface area (Å²) in [6.45, 7) is 6.26. The molecule has 0 aromatic carbocycles. The Bertz CT molecular complexity index is 351. The quantitative estimate of drug-likeness (QED) is 0.359. The first kappa shape index (κ1) is 22.0. The number of nitrogens with one attached hydrogen (secondary N) is 1. The van der Waals surface area contributed by atoms with Crippen molar-refractivity contribution in [2.75, 3.05) is 40.4 Å². The van der Waals surface area contributed by atoms with Crippen LogP contribution in [0, 0.1) is 17.8 Å². The maximum absolute atomic E-state index is 5.48. The minimum Gasteiger partial charge on any atom is -0.381 e. The molecule has 142 valence electrons. The van der Waals surface area contributed by atoms with Crippen molar-refractivity contribution >= 4 is 29.9 Å². The van der Waals surface area contributed by atoms with Crippen molar-refractivity contribution in [1.29, 1.82) is 0 Å². The molecule has 1 N–H and O–H groups in total. The lowest BCUT2D eigenvalue weighted by atomic mass is 9.80. The second kappa shape index (κ2) is 12.3. The van der Waals surface area contributed by atoms with Gasteiger partial charge >= 0.3 is 0 Å². The number of hydrogen-bond donors (Lipinski definition) is 1. The summed E-state index contributed by atoms with van der Waals surface area (Å²) in [7, 11) is 4.04. The fourth-order valence-electron chi connectivity index (χ4n) is 4.04. The van der Waals surface area contributed by atoms with Crippen LogP contribution >= 0.6 is 24.0 Å². The Morgan fingerprint density at radius 2 is 1.83 bits per heavy atom. The number of aliphatic imine (C=N–C) groups is 1. The van der Waals surface area contributed by atoms with E-state index in [-0.39, 0.29) is 24.0 Å². The number of unbranched alkanes of at least 4 members (excludes halogenated alkanes) is 1. The van der Waals surface area contributed by atoms with E-state index in [9.17, 15) is 0 Å². The number of halogens is 1. The average Bonchev–Trinajstić information content (AvgIpc) is 3.07. The lowest BCUT2D eigenvalue weighted by Gasteiger charge is -2.30. The van der Waals surface area contributed by atoms with Gasteiger partial charge in [0.2, 0.25) is 0 Å². The lowest BCUT2D eigenvalue weighted by Crippen LogP contribution is -2.43. The Labute approximate surface area is 166 Å². The van der Waals surface area contributed by atoms with Crippen molar-refractivity contribution in [3.05, 3.63) is 0 Å². The second-order valence-electron chi connectivity index (χ2n) is 7.57. The van der Waals surface area contributed by atoms with Gasteiger partial charge in [0.15, 0.2) is 5.96 Å². The molecule has 5 heteroatoms. The Morgan fingerprint density at radius 3 is 2.42 bits per heavy atom. The van der Waals surface area contributed by atoms with Crippen LogP contribution in [-0.4, -0.2) is 51.3 Å². The molecule has 1 aliphatic heterocycles. The van der Waals surface area contributed by atoms with Crippen molar-refractivity contribution in [2.45, 2.75) is 58.3 Å². The van der Waals surface area contributed by atoms with Crippen LogP contribution in [0.25, 0.3) is 0 Å². The molecule has 1 saturated heterocycles. The molecule has 0 radical (unpaired) electrons. The van der Waals surface area contributed by atoms with E-state index in [1.54, 1.807) is 0 Å². The molecule has 0 bridgehead atoms. The Kier molecular flexibility index (Phi) is 11.3. The van der Waals surface area contributed by atoms with Crippen LogP contribution in [0.15, 0.2) is 4.99 Å². The SMILES string of the molecule is CCCCC1CCC(CNC(=NC)N(C)CC2CCOC2)CC1.I. The third-order valence-corrected chi connectivity index (χ3v) is 5.61. The van der Waals surface area contributed by atoms with Crippen molar-refractivity contribution in [3.8, 4) is 0 Å². The highest BCUT2D eigenvalue weighted by atomic mass is 127. The molecular weight excluding hydrogens is 413 g/mol. The zero-order chi connectivity index (χ0) is 16.5. The summed E-state index contributed by atoms with van der Waals surface area (Å²) >= 11 is 0. The maximum atomic E-state index is 5.48. The summed E-state index contributed by atoms with van der Waals surface area (Å²) in [5.74, 6) is 3.53. The minimum absolute atomic E-state index is 0. The molecule has 2 fully saturated rings. The van der Waals surface area contributed by atoms with Gasteiger partial charge in [-0.15, -0.1) is 24.0 Å². The maximum Gasteiger partial charge on any atom is 0.193 e. The number of hydrogen-bond acceptors (Lipinski definition) is 2. The molecule has 2 aliphatic rings. The van der Waals surface area contributed by atoms with Gasteiger partial charge in [-0.3, -0.25) is 4.99 Å². The van der Waals surface area contributed by atoms with Gasteiger partial charge in [0.05, 0.1) is 6.61 Å². The van der Waals surface area contributed by atoms with Crippen LogP contribution in [0.4, 0.5) is 0 Å². The zero-order valence-electron chi connectivity index (χ0n) is 15.9. The van der Waals surface area contributed by atoms with E-state index in [1.165, 1.54) is 51.4 Å². The summed E-state index contributed by atoms with van der Waals surface area (Å²) in [5, 5.41) is 3.61. The Morgan fingerprint density at radius 1 is 1.12 bits per heavy atom. The van der Waals surface area contributed by atoms with Gasteiger partial charge in [-0.1, -0.05) is 39.0 Å². The summed E-state index contributed by atoms with van der Waals surface area (Å²) in [6, 6.07) is 0. The second-order valence-corrected chi connectivity index (χ2v) is 7.57. The molecular formula is C19H38IN3O. The number of guanidine groups is 1. The van der Waals surface area contributed by atoms with E-state index in [0.29, 0.717) is 5.92 Å². The Hall–Kier alpha value is -0.0400. The molecule has 4 nitrogen and oxygen atoms in total. The molecule has 0 aromatic heterocycles. The Balaban J connectivity index is 0.00000288. The van der Waals surface area contributed by atoms with Gasteiger partial charge in [0.25, 0.3) is 0 Å². The lowest BCUT2D eigenvalue weighted by molar-refractivity contribution is 0.181. The molecule has 0 aromatic rings. The van der Waals surface area contributed by atoms with Crippen LogP contribution in [0.2, 0.25) is 0 Å². The monoisotopic (exact) mass is 451 g/mol. The molecule has 1 aliphatic carbocycles. The van der Waals surface area contributed by atoms with E-state index < -0.39 is 0 Å². The highest BCUT2D eigenvalue weighted by molar-refractivity contribution is 14.0. The van der Waals surface area contributed by atoms with Crippen LogP contribution in [0.1, 0.15) is 58.3 Å². The van der Waals surface area contributed by atoms with E-state index in [4.69, 9.17) is 4.74 Å². The first-order valence-corrected chi connectivity index (χ1v) is 9.72. The van der Waals surface area contributed by atoms with Gasteiger partial charge in [-0.2, -0.15) is 0 Å². The third-order valence-electron chi connectivity index (χ3n) is 5.61. The summed E-state index contributed by atoms with van der Waals surface area (Å²) in [5.41, 5.74) is 0. The molecule has 0 amide bonds. The van der Waals surface area contributed by atoms with Crippen molar-refractivity contribution < 1.29 is 4.74 Å². The van der Waals surface area contributed by atoms with Gasteiger partial charge in [0.1, 0.15) is 0 Å². The van der Waals surface area contributed by atoms with Gasteiger partial charge in [-0.25, -0.2) is 0 Å². The molecule has 1 saturated carbocycles. The molecule has 1 heterocycles. The molecule has 0 spiro atoms. The minimum atomic E-state index is 0. The average molecular weight is 451 g/mol. The summed E-state index contributed by atoms with van der Waals surface area (Å²) in [6.07, 6.45) is 11.0. The first-order chi connectivity index (χ1) is 11.2. The number of rotatable bonds is 7. The predicted molar refractivity (Wildman–Crippen MR) is 113 cm³/mol. The third kappa shape index (κ3) is 7.46. The standard InChI is InChI=1S/C19H37N3O.HI/c1-4-5-6-16-7-9-17(10-8-16)13-21-19(20-2)22(3)14-18-11-12-23-15-18;/h16-18H,4-15H2,1-3H3,(H,20,21);1H. The molecule has 24 heavy (non-hydrogen) atoms. The van der Waals surface area contributed by atoms with E-state index >= 15 is 0 Å². The van der Waals surface area contributed by atoms with Crippen LogP contribution in [0.5, 0.6) is 0 Å². The topological polar surface area (TPSA) is 36.9 Å². The number of nitrogens with zero attached hydrogens (tertiary/aromatic N) is 2.